The lowest BCUT2D eigenvalue weighted by atomic mass is 10.1. The van der Waals surface area contributed by atoms with E-state index in [1.54, 1.807) is 61.6 Å². The summed E-state index contributed by atoms with van der Waals surface area (Å²) in [7, 11) is 3.10. The summed E-state index contributed by atoms with van der Waals surface area (Å²) in [4.78, 5) is 26.8. The van der Waals surface area contributed by atoms with E-state index in [1.807, 2.05) is 0 Å². The molecule has 1 fully saturated rings. The van der Waals surface area contributed by atoms with E-state index in [0.717, 1.165) is 0 Å². The highest BCUT2D eigenvalue weighted by Gasteiger charge is 2.35. The number of methoxy groups -OCH3 is 2. The van der Waals surface area contributed by atoms with Gasteiger partial charge in [0, 0.05) is 43.4 Å². The van der Waals surface area contributed by atoms with Gasteiger partial charge < -0.3 is 30.2 Å². The van der Waals surface area contributed by atoms with E-state index in [9.17, 15) is 9.59 Å². The van der Waals surface area contributed by atoms with Crippen molar-refractivity contribution in [2.45, 2.75) is 6.42 Å². The van der Waals surface area contributed by atoms with E-state index in [1.165, 1.54) is 0 Å². The molecule has 8 heteroatoms. The van der Waals surface area contributed by atoms with Crippen LogP contribution in [0.5, 0.6) is 17.2 Å². The van der Waals surface area contributed by atoms with Crippen molar-refractivity contribution in [2.24, 2.45) is 11.7 Å². The Balaban J connectivity index is 1.66. The van der Waals surface area contributed by atoms with Gasteiger partial charge in [-0.15, -0.1) is 0 Å². The van der Waals surface area contributed by atoms with Crippen LogP contribution in [0.2, 0.25) is 0 Å². The minimum Gasteiger partial charge on any atom is -0.497 e. The zero-order valence-electron chi connectivity index (χ0n) is 16.5. The summed E-state index contributed by atoms with van der Waals surface area (Å²) < 4.78 is 16.0. The molecule has 0 aliphatic carbocycles. The Morgan fingerprint density at radius 1 is 1.10 bits per heavy atom. The van der Waals surface area contributed by atoms with Gasteiger partial charge >= 0.3 is 0 Å². The lowest BCUT2D eigenvalue weighted by Gasteiger charge is -2.18. The van der Waals surface area contributed by atoms with E-state index in [-0.39, 0.29) is 18.2 Å². The molecule has 1 aliphatic rings. The van der Waals surface area contributed by atoms with Gasteiger partial charge in [-0.1, -0.05) is 0 Å². The van der Waals surface area contributed by atoms with Crippen LogP contribution in [-0.4, -0.2) is 45.7 Å². The maximum Gasteiger partial charge on any atom is 0.229 e. The smallest absolute Gasteiger partial charge is 0.229 e. The zero-order chi connectivity index (χ0) is 20.8. The molecule has 8 nitrogen and oxygen atoms in total. The predicted octanol–water partition coefficient (Wildman–Crippen LogP) is 2.03. The van der Waals surface area contributed by atoms with Crippen LogP contribution in [0.3, 0.4) is 0 Å². The molecule has 1 heterocycles. The van der Waals surface area contributed by atoms with Crippen LogP contribution in [0.4, 0.5) is 11.4 Å². The van der Waals surface area contributed by atoms with E-state index >= 15 is 0 Å². The molecule has 0 bridgehead atoms. The molecule has 3 N–H and O–H groups in total. The summed E-state index contributed by atoms with van der Waals surface area (Å²) >= 11 is 0. The standard InChI is InChI=1S/C21H25N3O5/c1-27-18-10-16(11-19(12-18)28-2)24-13-14(9-20(24)25)21(26)23-15-3-5-17(6-4-15)29-8-7-22/h3-6,10-12,14H,7-9,13,22H2,1-2H3,(H,23,26). The molecule has 1 atom stereocenters. The van der Waals surface area contributed by atoms with Crippen molar-refractivity contribution >= 4 is 23.2 Å². The van der Waals surface area contributed by atoms with Crippen LogP contribution in [-0.2, 0) is 9.59 Å². The second kappa shape index (κ2) is 9.29. The van der Waals surface area contributed by atoms with Gasteiger partial charge in [-0.25, -0.2) is 0 Å². The number of hydrogen-bond acceptors (Lipinski definition) is 6. The van der Waals surface area contributed by atoms with Crippen molar-refractivity contribution in [2.75, 3.05) is 44.1 Å². The highest BCUT2D eigenvalue weighted by molar-refractivity contribution is 6.03. The molecule has 154 valence electrons. The van der Waals surface area contributed by atoms with Gasteiger partial charge in [0.25, 0.3) is 0 Å². The molecule has 0 spiro atoms. The molecule has 3 rings (SSSR count). The normalized spacial score (nSPS) is 15.9. The summed E-state index contributed by atoms with van der Waals surface area (Å²) in [5.41, 5.74) is 6.70. The summed E-state index contributed by atoms with van der Waals surface area (Å²) in [6, 6.07) is 12.3. The first kappa shape index (κ1) is 20.5. The monoisotopic (exact) mass is 399 g/mol. The maximum atomic E-state index is 12.7. The number of amides is 2. The molecule has 1 unspecified atom stereocenters. The molecule has 2 aromatic rings. The molecular weight excluding hydrogens is 374 g/mol. The minimum absolute atomic E-state index is 0.119. The van der Waals surface area contributed by atoms with E-state index < -0.39 is 5.92 Å². The zero-order valence-corrected chi connectivity index (χ0v) is 16.5. The van der Waals surface area contributed by atoms with E-state index in [0.29, 0.717) is 48.3 Å². The third-order valence-electron chi connectivity index (χ3n) is 4.65. The van der Waals surface area contributed by atoms with Crippen LogP contribution in [0.15, 0.2) is 42.5 Å². The average Bonchev–Trinajstić information content (AvgIpc) is 3.14. The molecule has 2 aromatic carbocycles. The van der Waals surface area contributed by atoms with Crippen molar-refractivity contribution in [3.05, 3.63) is 42.5 Å². The Labute approximate surface area is 169 Å². The fraction of sp³-hybridized carbons (Fsp3) is 0.333. The van der Waals surface area contributed by atoms with Crippen molar-refractivity contribution in [3.8, 4) is 17.2 Å². The summed E-state index contributed by atoms with van der Waals surface area (Å²) in [6.07, 6.45) is 0.142. The highest BCUT2D eigenvalue weighted by Crippen LogP contribution is 2.32. The fourth-order valence-electron chi connectivity index (χ4n) is 3.14. The SMILES string of the molecule is COc1cc(OC)cc(N2CC(C(=O)Nc3ccc(OCCN)cc3)CC2=O)c1. The second-order valence-electron chi connectivity index (χ2n) is 6.63. The number of benzene rings is 2. The molecule has 29 heavy (non-hydrogen) atoms. The number of anilines is 2. The quantitative estimate of drug-likeness (QED) is 0.704. The average molecular weight is 399 g/mol. The Bertz CT molecular complexity index is 847. The second-order valence-corrected chi connectivity index (χ2v) is 6.63. The first-order chi connectivity index (χ1) is 14.0. The summed E-state index contributed by atoms with van der Waals surface area (Å²) in [5, 5.41) is 2.86. The van der Waals surface area contributed by atoms with Gasteiger partial charge in [0.05, 0.1) is 25.8 Å². The molecule has 2 amide bonds. The third-order valence-corrected chi connectivity index (χ3v) is 4.65. The largest absolute Gasteiger partial charge is 0.497 e. The number of ether oxygens (including phenoxy) is 3. The van der Waals surface area contributed by atoms with Crippen LogP contribution in [0.25, 0.3) is 0 Å². The lowest BCUT2D eigenvalue weighted by Crippen LogP contribution is -2.28. The van der Waals surface area contributed by atoms with Gasteiger partial charge in [0.1, 0.15) is 23.9 Å². The van der Waals surface area contributed by atoms with Crippen LogP contribution in [0, 0.1) is 5.92 Å². The van der Waals surface area contributed by atoms with Crippen LogP contribution in [0.1, 0.15) is 6.42 Å². The topological polar surface area (TPSA) is 103 Å². The third kappa shape index (κ3) is 4.97. The molecular formula is C21H25N3O5. The minimum atomic E-state index is -0.451. The Morgan fingerprint density at radius 2 is 1.76 bits per heavy atom. The van der Waals surface area contributed by atoms with Crippen LogP contribution >= 0.6 is 0 Å². The molecule has 1 aliphatic heterocycles. The molecule has 1 saturated heterocycles. The first-order valence-corrected chi connectivity index (χ1v) is 9.31. The van der Waals surface area contributed by atoms with Crippen molar-refractivity contribution in [3.63, 3.8) is 0 Å². The van der Waals surface area contributed by atoms with Crippen molar-refractivity contribution < 1.29 is 23.8 Å². The number of carbonyl (C=O) groups excluding carboxylic acids is 2. The summed E-state index contributed by atoms with van der Waals surface area (Å²) in [5.74, 6) is 1.07. The number of carbonyl (C=O) groups is 2. The molecule has 0 saturated carbocycles. The number of nitrogens with one attached hydrogen (secondary N) is 1. The van der Waals surface area contributed by atoms with E-state index in [2.05, 4.69) is 5.32 Å². The Kier molecular flexibility index (Phi) is 6.56. The van der Waals surface area contributed by atoms with Gasteiger partial charge in [-0.2, -0.15) is 0 Å². The fourth-order valence-corrected chi connectivity index (χ4v) is 3.14. The van der Waals surface area contributed by atoms with Gasteiger partial charge in [-0.05, 0) is 24.3 Å². The van der Waals surface area contributed by atoms with Gasteiger partial charge in [0.2, 0.25) is 11.8 Å². The maximum absolute atomic E-state index is 12.7. The number of nitrogens with two attached hydrogens (primary N) is 1. The Hall–Kier alpha value is -3.26. The number of rotatable bonds is 8. The summed E-state index contributed by atoms with van der Waals surface area (Å²) in [6.45, 7) is 1.16. The van der Waals surface area contributed by atoms with E-state index in [4.69, 9.17) is 19.9 Å². The molecule has 0 aromatic heterocycles. The van der Waals surface area contributed by atoms with Crippen molar-refractivity contribution in [1.82, 2.24) is 0 Å². The Morgan fingerprint density at radius 3 is 2.34 bits per heavy atom. The lowest BCUT2D eigenvalue weighted by molar-refractivity contribution is -0.122. The predicted molar refractivity (Wildman–Crippen MR) is 110 cm³/mol. The van der Waals surface area contributed by atoms with Gasteiger partial charge in [-0.3, -0.25) is 9.59 Å². The van der Waals surface area contributed by atoms with Crippen molar-refractivity contribution in [1.29, 1.82) is 0 Å². The highest BCUT2D eigenvalue weighted by atomic mass is 16.5. The number of hydrogen-bond donors (Lipinski definition) is 2. The van der Waals surface area contributed by atoms with Gasteiger partial charge in [0.15, 0.2) is 0 Å². The first-order valence-electron chi connectivity index (χ1n) is 9.31. The number of nitrogens with zero attached hydrogens (tertiary/aromatic N) is 1. The van der Waals surface area contributed by atoms with Crippen LogP contribution < -0.4 is 30.2 Å². The molecule has 0 radical (unpaired) electrons.